The first kappa shape index (κ1) is 44.4. The number of piperazine rings is 1. The molecule has 293 valence electrons. The van der Waals surface area contributed by atoms with E-state index in [4.69, 9.17) is 9.47 Å². The molecular formula is C38H48BFN5O8SY-. The molecule has 1 saturated heterocycles. The number of esters is 2. The van der Waals surface area contributed by atoms with Crippen molar-refractivity contribution in [2.75, 3.05) is 43.1 Å². The zero-order chi connectivity index (χ0) is 39.1. The van der Waals surface area contributed by atoms with Gasteiger partial charge in [0.05, 0.1) is 17.8 Å². The van der Waals surface area contributed by atoms with Gasteiger partial charge in [-0.1, -0.05) is 20.8 Å². The Hall–Kier alpha value is -3.30. The van der Waals surface area contributed by atoms with E-state index in [2.05, 4.69) is 16.7 Å². The molecule has 1 aromatic heterocycles. The van der Waals surface area contributed by atoms with Crippen LogP contribution in [0.4, 0.5) is 10.1 Å². The summed E-state index contributed by atoms with van der Waals surface area (Å²) in [5.41, 5.74) is 1.04. The van der Waals surface area contributed by atoms with Crippen molar-refractivity contribution in [3.8, 4) is 5.75 Å². The molecule has 17 heteroatoms. The van der Waals surface area contributed by atoms with Crippen LogP contribution in [0.3, 0.4) is 0 Å². The van der Waals surface area contributed by atoms with Gasteiger partial charge in [-0.2, -0.15) is 23.9 Å². The Morgan fingerprint density at radius 2 is 1.85 bits per heavy atom. The number of fused-ring (bicyclic) bond motifs is 1. The summed E-state index contributed by atoms with van der Waals surface area (Å²) in [7, 11) is -0.611. The van der Waals surface area contributed by atoms with Gasteiger partial charge in [-0.25, -0.2) is 14.0 Å². The van der Waals surface area contributed by atoms with Gasteiger partial charge in [0.25, 0.3) is 0 Å². The van der Waals surface area contributed by atoms with Crippen LogP contribution in [0, 0.1) is 24.7 Å². The monoisotopic (exact) mass is 853 g/mol. The fraction of sp³-hybridized carbons (Fsp3) is 0.500. The SMILES string of the molecule is CSCCC(NC=O)C(=O)NC(CC(C)C)C(=O)Oc1[c-]cc(COC(=O)c2cn(C3CC3)c3cc(F)c(N4CCN(B(C)O)CC4)cc3c2=O)cc1C.[Y]. The van der Waals surface area contributed by atoms with Gasteiger partial charge in [-0.15, -0.1) is 17.2 Å². The van der Waals surface area contributed by atoms with E-state index in [9.17, 15) is 29.0 Å². The summed E-state index contributed by atoms with van der Waals surface area (Å²) in [6, 6.07) is 7.26. The van der Waals surface area contributed by atoms with E-state index in [0.717, 1.165) is 12.8 Å². The Kier molecular flexibility index (Phi) is 16.3. The van der Waals surface area contributed by atoms with Gasteiger partial charge in [0, 0.05) is 88.3 Å². The number of thioether (sulfide) groups is 1. The summed E-state index contributed by atoms with van der Waals surface area (Å²) < 4.78 is 28.6. The van der Waals surface area contributed by atoms with E-state index in [-0.39, 0.29) is 73.7 Å². The molecule has 13 nitrogen and oxygen atoms in total. The maximum absolute atomic E-state index is 15.5. The van der Waals surface area contributed by atoms with Crippen molar-refractivity contribution in [3.63, 3.8) is 0 Å². The number of hydrogen-bond acceptors (Lipinski definition) is 11. The predicted octanol–water partition coefficient (Wildman–Crippen LogP) is 3.47. The molecule has 2 fully saturated rings. The third kappa shape index (κ3) is 11.4. The molecule has 3 N–H and O–H groups in total. The number of aryl methyl sites for hydroxylation is 1. The van der Waals surface area contributed by atoms with Crippen LogP contribution >= 0.6 is 11.8 Å². The van der Waals surface area contributed by atoms with Crippen molar-refractivity contribution in [2.45, 2.75) is 78.0 Å². The molecule has 1 radical (unpaired) electrons. The van der Waals surface area contributed by atoms with Crippen molar-refractivity contribution < 1.29 is 70.8 Å². The van der Waals surface area contributed by atoms with Crippen LogP contribution in [0.25, 0.3) is 10.9 Å². The van der Waals surface area contributed by atoms with Gasteiger partial charge >= 0.3 is 19.0 Å². The number of ether oxygens (including phenoxy) is 2. The third-order valence-electron chi connectivity index (χ3n) is 9.67. The molecule has 0 bridgehead atoms. The van der Waals surface area contributed by atoms with Crippen LogP contribution in [-0.2, 0) is 58.4 Å². The first-order valence-corrected chi connectivity index (χ1v) is 19.6. The molecular weight excluding hydrogens is 805 g/mol. The number of nitrogens with one attached hydrogen (secondary N) is 2. The molecule has 5 rings (SSSR count). The number of amides is 2. The molecule has 55 heavy (non-hydrogen) atoms. The number of benzene rings is 2. The van der Waals surface area contributed by atoms with Crippen molar-refractivity contribution in [3.05, 3.63) is 69.3 Å². The topological polar surface area (TPSA) is 160 Å². The number of aromatic nitrogens is 1. The number of pyridine rings is 1. The number of halogens is 1. The van der Waals surface area contributed by atoms with Crippen LogP contribution in [-0.4, -0.2) is 96.0 Å². The minimum absolute atomic E-state index is 0. The van der Waals surface area contributed by atoms with Gasteiger partial charge in [0.2, 0.25) is 17.7 Å². The first-order chi connectivity index (χ1) is 25.8. The van der Waals surface area contributed by atoms with E-state index in [1.54, 1.807) is 24.4 Å². The number of nitrogens with zero attached hydrogens (tertiary/aromatic N) is 3. The molecule has 2 unspecified atom stereocenters. The van der Waals surface area contributed by atoms with Crippen LogP contribution in [0.15, 0.2) is 35.3 Å². The first-order valence-electron chi connectivity index (χ1n) is 18.3. The maximum Gasteiger partial charge on any atom is 0.376 e. The van der Waals surface area contributed by atoms with E-state index >= 15 is 4.39 Å². The second-order valence-corrected chi connectivity index (χ2v) is 15.3. The van der Waals surface area contributed by atoms with Crippen LogP contribution in [0.5, 0.6) is 5.75 Å². The zero-order valence-corrected chi connectivity index (χ0v) is 35.6. The molecule has 2 aromatic carbocycles. The Morgan fingerprint density at radius 1 is 1.15 bits per heavy atom. The summed E-state index contributed by atoms with van der Waals surface area (Å²) in [6.07, 6.45) is 6.19. The number of carbonyl (C=O) groups is 4. The van der Waals surface area contributed by atoms with Gasteiger partial charge in [0.15, 0.2) is 0 Å². The third-order valence-corrected chi connectivity index (χ3v) is 10.3. The van der Waals surface area contributed by atoms with Crippen molar-refractivity contribution in [2.24, 2.45) is 5.92 Å². The Bertz CT molecular complexity index is 1920. The minimum atomic E-state index is -0.967. The smallest absolute Gasteiger partial charge is 0.376 e. The average molecular weight is 854 g/mol. The van der Waals surface area contributed by atoms with E-state index in [1.807, 2.05) is 29.8 Å². The molecule has 1 aliphatic carbocycles. The average Bonchev–Trinajstić information content (AvgIpc) is 3.98. The van der Waals surface area contributed by atoms with Crippen LogP contribution in [0.1, 0.15) is 67.1 Å². The summed E-state index contributed by atoms with van der Waals surface area (Å²) in [6.45, 7) is 9.02. The zero-order valence-electron chi connectivity index (χ0n) is 31.9. The standard InChI is InChI=1S/C38H48BFN5O8S.Y/c1-23(2)16-31(42-36(48)30(41-22-46)10-15-54-5)38(50)53-34-9-6-25(17-24(34)3)21-52-37(49)28-20-45(26-7-8-26)32-19-29(40)33(18-27(32)35(28)47)43-11-13-44(14-12-43)39(4)51;/h6,17-20,22-23,26,30-31,51H,7-8,10-16,21H2,1-5H3,(H,41,46)(H,42,48);/q-1;. The molecule has 2 heterocycles. The molecule has 2 amide bonds. The molecule has 1 aliphatic heterocycles. The summed E-state index contributed by atoms with van der Waals surface area (Å²) in [5.74, 6) is -1.62. The van der Waals surface area contributed by atoms with Gasteiger partial charge < -0.3 is 39.4 Å². The molecule has 3 aromatic rings. The second kappa shape index (κ2) is 20.2. The van der Waals surface area contributed by atoms with E-state index in [1.165, 1.54) is 36.2 Å². The number of carbonyl (C=O) groups excluding carboxylic acids is 4. The quantitative estimate of drug-likeness (QED) is 0.0601. The van der Waals surface area contributed by atoms with Crippen LogP contribution in [0.2, 0.25) is 6.82 Å². The fourth-order valence-electron chi connectivity index (χ4n) is 6.55. The van der Waals surface area contributed by atoms with E-state index < -0.39 is 48.2 Å². The van der Waals surface area contributed by atoms with Crippen molar-refractivity contribution in [1.29, 1.82) is 0 Å². The largest absolute Gasteiger partial charge is 0.470 e. The van der Waals surface area contributed by atoms with Crippen molar-refractivity contribution >= 4 is 59.7 Å². The summed E-state index contributed by atoms with van der Waals surface area (Å²) in [5, 5.41) is 15.4. The second-order valence-electron chi connectivity index (χ2n) is 14.3. The Morgan fingerprint density at radius 3 is 2.45 bits per heavy atom. The van der Waals surface area contributed by atoms with Crippen molar-refractivity contribution in [1.82, 2.24) is 20.0 Å². The van der Waals surface area contributed by atoms with Crippen LogP contribution < -0.4 is 25.7 Å². The number of hydrogen-bond donors (Lipinski definition) is 3. The summed E-state index contributed by atoms with van der Waals surface area (Å²) in [4.78, 5) is 68.2. The maximum atomic E-state index is 15.5. The van der Waals surface area contributed by atoms with Gasteiger partial charge in [-0.3, -0.25) is 14.4 Å². The van der Waals surface area contributed by atoms with Gasteiger partial charge in [0.1, 0.15) is 23.5 Å². The number of rotatable bonds is 17. The Labute approximate surface area is 350 Å². The van der Waals surface area contributed by atoms with E-state index in [0.29, 0.717) is 67.8 Å². The minimum Gasteiger partial charge on any atom is -0.470 e. The van der Waals surface area contributed by atoms with Gasteiger partial charge in [-0.05, 0) is 56.5 Å². The molecule has 2 aliphatic rings. The Balaban J connectivity index is 0.00000673. The molecule has 1 saturated carbocycles. The fourth-order valence-corrected chi connectivity index (χ4v) is 7.02. The number of anilines is 1. The predicted molar refractivity (Wildman–Crippen MR) is 206 cm³/mol. The normalized spacial score (nSPS) is 15.5. The molecule has 2 atom stereocenters. The molecule has 0 spiro atoms. The summed E-state index contributed by atoms with van der Waals surface area (Å²) >= 11 is 1.53.